The summed E-state index contributed by atoms with van der Waals surface area (Å²) in [5.41, 5.74) is 9.67. The molecule has 1 aromatic carbocycles. The van der Waals surface area contributed by atoms with Crippen molar-refractivity contribution in [2.24, 2.45) is 5.73 Å². The Kier molecular flexibility index (Phi) is 6.45. The molecule has 1 unspecified atom stereocenters. The van der Waals surface area contributed by atoms with Crippen molar-refractivity contribution in [3.8, 4) is 17.6 Å². The fraction of sp³-hybridized carbons (Fsp3) is 0.529. The van der Waals surface area contributed by atoms with Gasteiger partial charge in [-0.05, 0) is 50.3 Å². The fourth-order valence-electron chi connectivity index (χ4n) is 2.16. The molecule has 0 amide bonds. The van der Waals surface area contributed by atoms with Gasteiger partial charge in [-0.3, -0.25) is 0 Å². The normalized spacial score (nSPS) is 11.6. The lowest BCUT2D eigenvalue weighted by atomic mass is 9.99. The van der Waals surface area contributed by atoms with Gasteiger partial charge in [-0.2, -0.15) is 0 Å². The van der Waals surface area contributed by atoms with E-state index in [1.807, 2.05) is 6.92 Å². The lowest BCUT2D eigenvalue weighted by Crippen LogP contribution is -2.21. The van der Waals surface area contributed by atoms with Gasteiger partial charge >= 0.3 is 0 Å². The minimum Gasteiger partial charge on any atom is -0.492 e. The zero-order valence-corrected chi connectivity index (χ0v) is 12.5. The average Bonchev–Trinajstić information content (AvgIpc) is 2.37. The van der Waals surface area contributed by atoms with Crippen molar-refractivity contribution in [3.05, 3.63) is 28.8 Å². The first kappa shape index (κ1) is 15.6. The summed E-state index contributed by atoms with van der Waals surface area (Å²) in [5, 5.41) is 0. The van der Waals surface area contributed by atoms with Crippen LogP contribution < -0.4 is 10.5 Å². The molecule has 0 aliphatic rings. The van der Waals surface area contributed by atoms with E-state index in [0.29, 0.717) is 6.61 Å². The SMILES string of the molecule is CC#CCCOc1c(C)cc(CC(N)CC)cc1C. The summed E-state index contributed by atoms with van der Waals surface area (Å²) in [6, 6.07) is 4.61. The Morgan fingerprint density at radius 1 is 1.26 bits per heavy atom. The van der Waals surface area contributed by atoms with Gasteiger partial charge in [-0.25, -0.2) is 0 Å². The maximum Gasteiger partial charge on any atom is 0.125 e. The summed E-state index contributed by atoms with van der Waals surface area (Å²) >= 11 is 0. The molecule has 0 radical (unpaired) electrons. The van der Waals surface area contributed by atoms with Crippen molar-refractivity contribution in [1.82, 2.24) is 0 Å². The molecule has 0 saturated heterocycles. The Hall–Kier alpha value is -1.46. The van der Waals surface area contributed by atoms with E-state index in [1.54, 1.807) is 0 Å². The highest BCUT2D eigenvalue weighted by Crippen LogP contribution is 2.25. The summed E-state index contributed by atoms with van der Waals surface area (Å²) in [4.78, 5) is 0. The molecule has 0 aliphatic heterocycles. The molecule has 2 nitrogen and oxygen atoms in total. The summed E-state index contributed by atoms with van der Waals surface area (Å²) in [7, 11) is 0. The number of hydrogen-bond acceptors (Lipinski definition) is 2. The van der Waals surface area contributed by atoms with E-state index in [1.165, 1.54) is 16.7 Å². The van der Waals surface area contributed by atoms with Gasteiger partial charge in [0.1, 0.15) is 5.75 Å². The quantitative estimate of drug-likeness (QED) is 0.628. The molecular formula is C17H25NO. The van der Waals surface area contributed by atoms with Gasteiger partial charge in [0.05, 0.1) is 6.61 Å². The number of aryl methyl sites for hydroxylation is 2. The topological polar surface area (TPSA) is 35.2 Å². The summed E-state index contributed by atoms with van der Waals surface area (Å²) in [5.74, 6) is 6.88. The molecule has 0 aliphatic carbocycles. The van der Waals surface area contributed by atoms with E-state index in [2.05, 4.69) is 44.7 Å². The third-order valence-corrected chi connectivity index (χ3v) is 3.19. The van der Waals surface area contributed by atoms with Crippen LogP contribution in [0.15, 0.2) is 12.1 Å². The van der Waals surface area contributed by atoms with Gasteiger partial charge in [0.15, 0.2) is 0 Å². The minimum atomic E-state index is 0.241. The molecule has 0 fully saturated rings. The maximum absolute atomic E-state index is 6.01. The number of benzene rings is 1. The second-order valence-corrected chi connectivity index (χ2v) is 4.96. The van der Waals surface area contributed by atoms with Crippen LogP contribution in [0.5, 0.6) is 5.75 Å². The Balaban J connectivity index is 2.75. The third kappa shape index (κ3) is 4.96. The van der Waals surface area contributed by atoms with E-state index in [-0.39, 0.29) is 6.04 Å². The lowest BCUT2D eigenvalue weighted by molar-refractivity contribution is 0.322. The van der Waals surface area contributed by atoms with Crippen LogP contribution >= 0.6 is 0 Å². The van der Waals surface area contributed by atoms with Crippen molar-refractivity contribution >= 4 is 0 Å². The van der Waals surface area contributed by atoms with Gasteiger partial charge in [-0.1, -0.05) is 19.1 Å². The van der Waals surface area contributed by atoms with Gasteiger partial charge in [-0.15, -0.1) is 11.8 Å². The van der Waals surface area contributed by atoms with E-state index < -0.39 is 0 Å². The molecule has 0 bridgehead atoms. The minimum absolute atomic E-state index is 0.241. The van der Waals surface area contributed by atoms with Crippen molar-refractivity contribution in [1.29, 1.82) is 0 Å². The molecule has 1 rings (SSSR count). The van der Waals surface area contributed by atoms with Crippen LogP contribution in [0, 0.1) is 25.7 Å². The van der Waals surface area contributed by atoms with Crippen molar-refractivity contribution in [3.63, 3.8) is 0 Å². The molecule has 1 atom stereocenters. The van der Waals surface area contributed by atoms with E-state index in [9.17, 15) is 0 Å². The molecule has 0 heterocycles. The molecule has 104 valence electrons. The maximum atomic E-state index is 6.01. The van der Waals surface area contributed by atoms with Crippen molar-refractivity contribution in [2.75, 3.05) is 6.61 Å². The highest BCUT2D eigenvalue weighted by molar-refractivity contribution is 5.43. The van der Waals surface area contributed by atoms with Crippen LogP contribution in [0.1, 0.15) is 43.4 Å². The molecule has 2 N–H and O–H groups in total. The standard InChI is InChI=1S/C17H25NO/c1-5-7-8-9-19-17-13(3)10-15(11-14(17)4)12-16(18)6-2/h10-11,16H,6,8-9,12,18H2,1-4H3. The lowest BCUT2D eigenvalue weighted by Gasteiger charge is -2.15. The van der Waals surface area contributed by atoms with E-state index in [0.717, 1.165) is 25.0 Å². The Bertz CT molecular complexity index is 445. The predicted octanol–water partition coefficient (Wildman–Crippen LogP) is 3.38. The number of ether oxygens (including phenoxy) is 1. The molecule has 19 heavy (non-hydrogen) atoms. The third-order valence-electron chi connectivity index (χ3n) is 3.19. The van der Waals surface area contributed by atoms with Crippen LogP contribution in [-0.2, 0) is 6.42 Å². The van der Waals surface area contributed by atoms with Crippen LogP contribution in [-0.4, -0.2) is 12.6 Å². The number of hydrogen-bond donors (Lipinski definition) is 1. The second kappa shape index (κ2) is 7.86. The molecule has 0 aromatic heterocycles. The highest BCUT2D eigenvalue weighted by atomic mass is 16.5. The summed E-state index contributed by atoms with van der Waals surface area (Å²) in [6.45, 7) is 8.80. The Morgan fingerprint density at radius 2 is 1.89 bits per heavy atom. The van der Waals surface area contributed by atoms with Crippen molar-refractivity contribution < 1.29 is 4.74 Å². The molecular weight excluding hydrogens is 234 g/mol. The number of nitrogens with two attached hydrogens (primary N) is 1. The Labute approximate surface area is 117 Å². The first-order valence-electron chi connectivity index (χ1n) is 6.96. The second-order valence-electron chi connectivity index (χ2n) is 4.96. The smallest absolute Gasteiger partial charge is 0.125 e. The zero-order chi connectivity index (χ0) is 14.3. The van der Waals surface area contributed by atoms with Crippen LogP contribution in [0.4, 0.5) is 0 Å². The molecule has 1 aromatic rings. The number of rotatable bonds is 6. The summed E-state index contributed by atoms with van der Waals surface area (Å²) < 4.78 is 5.82. The van der Waals surface area contributed by atoms with Crippen LogP contribution in [0.25, 0.3) is 0 Å². The zero-order valence-electron chi connectivity index (χ0n) is 12.5. The molecule has 2 heteroatoms. The van der Waals surface area contributed by atoms with Gasteiger partial charge in [0, 0.05) is 12.5 Å². The van der Waals surface area contributed by atoms with E-state index in [4.69, 9.17) is 10.5 Å². The molecule has 0 saturated carbocycles. The van der Waals surface area contributed by atoms with Crippen LogP contribution in [0.3, 0.4) is 0 Å². The predicted molar refractivity (Wildman–Crippen MR) is 81.4 cm³/mol. The molecule has 0 spiro atoms. The van der Waals surface area contributed by atoms with Crippen molar-refractivity contribution in [2.45, 2.75) is 53.0 Å². The first-order chi connectivity index (χ1) is 9.08. The summed E-state index contributed by atoms with van der Waals surface area (Å²) in [6.07, 6.45) is 2.71. The first-order valence-corrected chi connectivity index (χ1v) is 6.96. The van der Waals surface area contributed by atoms with Gasteiger partial charge in [0.2, 0.25) is 0 Å². The van der Waals surface area contributed by atoms with E-state index >= 15 is 0 Å². The largest absolute Gasteiger partial charge is 0.492 e. The highest BCUT2D eigenvalue weighted by Gasteiger charge is 2.08. The average molecular weight is 259 g/mol. The van der Waals surface area contributed by atoms with Gasteiger partial charge in [0.25, 0.3) is 0 Å². The Morgan fingerprint density at radius 3 is 2.42 bits per heavy atom. The fourth-order valence-corrected chi connectivity index (χ4v) is 2.16. The monoisotopic (exact) mass is 259 g/mol. The van der Waals surface area contributed by atoms with Crippen LogP contribution in [0.2, 0.25) is 0 Å². The van der Waals surface area contributed by atoms with Gasteiger partial charge < -0.3 is 10.5 Å².